The molecule has 4 amide bonds. The summed E-state index contributed by atoms with van der Waals surface area (Å²) in [6.45, 7) is 6.75. The number of imide groups is 1. The first-order chi connectivity index (χ1) is 13.8. The largest absolute Gasteiger partial charge is 0.353 e. The van der Waals surface area contributed by atoms with Crippen LogP contribution in [-0.2, 0) is 4.79 Å². The number of carbonyl (C=O) groups is 4. The van der Waals surface area contributed by atoms with E-state index in [0.29, 0.717) is 49.0 Å². The molecular weight excluding hydrogens is 370 g/mol. The smallest absolute Gasteiger partial charge is 0.261 e. The van der Waals surface area contributed by atoms with Gasteiger partial charge in [-0.05, 0) is 51.3 Å². The average molecular weight is 399 g/mol. The molecule has 0 spiro atoms. The van der Waals surface area contributed by atoms with Gasteiger partial charge in [-0.3, -0.25) is 24.1 Å². The summed E-state index contributed by atoms with van der Waals surface area (Å²) in [6.07, 6.45) is 3.85. The van der Waals surface area contributed by atoms with Crippen molar-refractivity contribution in [2.24, 2.45) is 0 Å². The molecule has 7 nitrogen and oxygen atoms in total. The van der Waals surface area contributed by atoms with E-state index in [9.17, 15) is 19.2 Å². The van der Waals surface area contributed by atoms with Gasteiger partial charge < -0.3 is 10.2 Å². The van der Waals surface area contributed by atoms with Gasteiger partial charge in [-0.1, -0.05) is 13.3 Å². The Morgan fingerprint density at radius 3 is 2.38 bits per heavy atom. The van der Waals surface area contributed by atoms with E-state index in [1.54, 1.807) is 36.9 Å². The van der Waals surface area contributed by atoms with Gasteiger partial charge in [0.2, 0.25) is 5.91 Å². The van der Waals surface area contributed by atoms with E-state index in [-0.39, 0.29) is 35.7 Å². The molecule has 2 aliphatic heterocycles. The molecule has 0 unspecified atom stereocenters. The van der Waals surface area contributed by atoms with Crippen LogP contribution in [0.3, 0.4) is 0 Å². The standard InChI is InChI=1S/C22H29N3O4/c1-4-5-6-19(26)23-16-9-11-24(12-10-16)20(27)15-7-8-17-18(13-15)22(29)25(14(2)3)21(17)28/h7-8,13-14,16H,4-6,9-12H2,1-3H3,(H,23,26). The lowest BCUT2D eigenvalue weighted by Gasteiger charge is -2.32. The first-order valence-electron chi connectivity index (χ1n) is 10.4. The van der Waals surface area contributed by atoms with Gasteiger partial charge in [0.05, 0.1) is 11.1 Å². The van der Waals surface area contributed by atoms with Crippen molar-refractivity contribution >= 4 is 23.6 Å². The van der Waals surface area contributed by atoms with Gasteiger partial charge in [-0.25, -0.2) is 0 Å². The number of benzene rings is 1. The third-order valence-corrected chi connectivity index (χ3v) is 5.59. The lowest BCUT2D eigenvalue weighted by molar-refractivity contribution is -0.122. The van der Waals surface area contributed by atoms with Crippen molar-refractivity contribution < 1.29 is 19.2 Å². The van der Waals surface area contributed by atoms with Crippen LogP contribution in [0.15, 0.2) is 18.2 Å². The number of fused-ring (bicyclic) bond motifs is 1. The molecular formula is C22H29N3O4. The zero-order valence-electron chi connectivity index (χ0n) is 17.4. The fraction of sp³-hybridized carbons (Fsp3) is 0.545. The lowest BCUT2D eigenvalue weighted by atomic mass is 10.0. The van der Waals surface area contributed by atoms with Crippen LogP contribution in [-0.4, -0.2) is 58.6 Å². The Morgan fingerprint density at radius 1 is 1.10 bits per heavy atom. The molecule has 1 saturated heterocycles. The third-order valence-electron chi connectivity index (χ3n) is 5.59. The first-order valence-corrected chi connectivity index (χ1v) is 10.4. The number of rotatable bonds is 6. The average Bonchev–Trinajstić information content (AvgIpc) is 2.96. The fourth-order valence-electron chi connectivity index (χ4n) is 3.91. The molecule has 2 heterocycles. The zero-order chi connectivity index (χ0) is 21.1. The van der Waals surface area contributed by atoms with Gasteiger partial charge in [-0.15, -0.1) is 0 Å². The highest BCUT2D eigenvalue weighted by atomic mass is 16.2. The van der Waals surface area contributed by atoms with Crippen molar-refractivity contribution in [3.05, 3.63) is 34.9 Å². The van der Waals surface area contributed by atoms with Crippen molar-refractivity contribution in [2.75, 3.05) is 13.1 Å². The van der Waals surface area contributed by atoms with E-state index in [1.807, 2.05) is 0 Å². The fourth-order valence-corrected chi connectivity index (χ4v) is 3.91. The molecule has 1 aromatic rings. The minimum atomic E-state index is -0.344. The number of carbonyl (C=O) groups excluding carboxylic acids is 4. The van der Waals surface area contributed by atoms with E-state index in [4.69, 9.17) is 0 Å². The Hall–Kier alpha value is -2.70. The van der Waals surface area contributed by atoms with Crippen LogP contribution in [0.1, 0.15) is 83.9 Å². The summed E-state index contributed by atoms with van der Waals surface area (Å²) >= 11 is 0. The van der Waals surface area contributed by atoms with Crippen LogP contribution in [0.2, 0.25) is 0 Å². The van der Waals surface area contributed by atoms with E-state index in [2.05, 4.69) is 12.2 Å². The summed E-state index contributed by atoms with van der Waals surface area (Å²) in [5, 5.41) is 3.05. The molecule has 0 aliphatic carbocycles. The first kappa shape index (κ1) is 21.0. The van der Waals surface area contributed by atoms with Crippen LogP contribution < -0.4 is 5.32 Å². The summed E-state index contributed by atoms with van der Waals surface area (Å²) in [5.41, 5.74) is 1.07. The van der Waals surface area contributed by atoms with Gasteiger partial charge in [0.15, 0.2) is 0 Å². The monoisotopic (exact) mass is 399 g/mol. The summed E-state index contributed by atoms with van der Waals surface area (Å²) in [5.74, 6) is -0.721. The van der Waals surface area contributed by atoms with Gasteiger partial charge >= 0.3 is 0 Å². The molecule has 1 aromatic carbocycles. The van der Waals surface area contributed by atoms with Crippen LogP contribution >= 0.6 is 0 Å². The Balaban J connectivity index is 1.62. The summed E-state index contributed by atoms with van der Waals surface area (Å²) in [7, 11) is 0. The molecule has 2 aliphatic rings. The number of nitrogens with zero attached hydrogens (tertiary/aromatic N) is 2. The topological polar surface area (TPSA) is 86.8 Å². The summed E-state index contributed by atoms with van der Waals surface area (Å²) in [4.78, 5) is 52.7. The number of hydrogen-bond acceptors (Lipinski definition) is 4. The number of amides is 4. The summed E-state index contributed by atoms with van der Waals surface area (Å²) in [6, 6.07) is 4.61. The van der Waals surface area contributed by atoms with E-state index < -0.39 is 0 Å². The second-order valence-corrected chi connectivity index (χ2v) is 8.07. The molecule has 0 radical (unpaired) electrons. The highest BCUT2D eigenvalue weighted by Gasteiger charge is 2.37. The van der Waals surface area contributed by atoms with Crippen molar-refractivity contribution in [3.63, 3.8) is 0 Å². The highest BCUT2D eigenvalue weighted by molar-refractivity contribution is 6.22. The quantitative estimate of drug-likeness (QED) is 0.745. The summed E-state index contributed by atoms with van der Waals surface area (Å²) < 4.78 is 0. The molecule has 0 bridgehead atoms. The van der Waals surface area contributed by atoms with E-state index in [1.165, 1.54) is 4.90 Å². The van der Waals surface area contributed by atoms with Crippen LogP contribution in [0, 0.1) is 0 Å². The Labute approximate surface area is 171 Å². The van der Waals surface area contributed by atoms with Crippen molar-refractivity contribution in [2.45, 2.75) is 65.0 Å². The maximum atomic E-state index is 12.9. The van der Waals surface area contributed by atoms with E-state index in [0.717, 1.165) is 12.8 Å². The maximum Gasteiger partial charge on any atom is 0.261 e. The second kappa shape index (κ2) is 8.76. The number of unbranched alkanes of at least 4 members (excludes halogenated alkanes) is 1. The highest BCUT2D eigenvalue weighted by Crippen LogP contribution is 2.26. The number of piperidine rings is 1. The number of hydrogen-bond donors (Lipinski definition) is 1. The Morgan fingerprint density at radius 2 is 1.76 bits per heavy atom. The predicted octanol–water partition coefficient (Wildman–Crippen LogP) is 2.60. The van der Waals surface area contributed by atoms with Crippen LogP contribution in [0.5, 0.6) is 0 Å². The minimum Gasteiger partial charge on any atom is -0.353 e. The molecule has 7 heteroatoms. The van der Waals surface area contributed by atoms with Gasteiger partial charge in [0.25, 0.3) is 17.7 Å². The lowest BCUT2D eigenvalue weighted by Crippen LogP contribution is -2.46. The molecule has 156 valence electrons. The number of likely N-dealkylation sites (tertiary alicyclic amines) is 1. The van der Waals surface area contributed by atoms with Crippen molar-refractivity contribution in [1.82, 2.24) is 15.1 Å². The SMILES string of the molecule is CCCCC(=O)NC1CCN(C(=O)c2ccc3c(c2)C(=O)N(C(C)C)C3=O)CC1. The van der Waals surface area contributed by atoms with Crippen molar-refractivity contribution in [3.8, 4) is 0 Å². The van der Waals surface area contributed by atoms with E-state index >= 15 is 0 Å². The van der Waals surface area contributed by atoms with Crippen LogP contribution in [0.25, 0.3) is 0 Å². The molecule has 0 saturated carbocycles. The van der Waals surface area contributed by atoms with Gasteiger partial charge in [-0.2, -0.15) is 0 Å². The van der Waals surface area contributed by atoms with Crippen molar-refractivity contribution in [1.29, 1.82) is 0 Å². The maximum absolute atomic E-state index is 12.9. The molecule has 1 N–H and O–H groups in total. The molecule has 0 aromatic heterocycles. The Kier molecular flexibility index (Phi) is 6.35. The van der Waals surface area contributed by atoms with Gasteiger partial charge in [0, 0.05) is 37.2 Å². The number of nitrogens with one attached hydrogen (secondary N) is 1. The van der Waals surface area contributed by atoms with Crippen LogP contribution in [0.4, 0.5) is 0 Å². The zero-order valence-corrected chi connectivity index (χ0v) is 17.4. The van der Waals surface area contributed by atoms with Gasteiger partial charge in [0.1, 0.15) is 0 Å². The minimum absolute atomic E-state index is 0.0770. The molecule has 0 atom stereocenters. The Bertz CT molecular complexity index is 825. The third kappa shape index (κ3) is 4.33. The molecule has 3 rings (SSSR count). The predicted molar refractivity (Wildman–Crippen MR) is 109 cm³/mol. The normalized spacial score (nSPS) is 17.1. The second-order valence-electron chi connectivity index (χ2n) is 8.07. The molecule has 29 heavy (non-hydrogen) atoms. The molecule has 1 fully saturated rings.